The summed E-state index contributed by atoms with van der Waals surface area (Å²) >= 11 is 0. The average molecular weight is 196 g/mol. The monoisotopic (exact) mass is 196 g/mol. The molecule has 3 heteroatoms. The highest BCUT2D eigenvalue weighted by atomic mass is 16.6. The SMILES string of the molecule is C=CC(=O)OC(=O)C(C)=CC(C)CC. The Kier molecular flexibility index (Phi) is 5.53. The zero-order valence-electron chi connectivity index (χ0n) is 8.87. The molecule has 3 nitrogen and oxygen atoms in total. The predicted molar refractivity (Wildman–Crippen MR) is 54.5 cm³/mol. The fourth-order valence-electron chi connectivity index (χ4n) is 0.826. The van der Waals surface area contributed by atoms with Crippen LogP contribution in [0.2, 0.25) is 0 Å². The van der Waals surface area contributed by atoms with Crippen molar-refractivity contribution in [2.24, 2.45) is 5.92 Å². The average Bonchev–Trinajstić information content (AvgIpc) is 2.17. The molecule has 0 aromatic heterocycles. The fourth-order valence-corrected chi connectivity index (χ4v) is 0.826. The van der Waals surface area contributed by atoms with Gasteiger partial charge in [-0.3, -0.25) is 0 Å². The second-order valence-electron chi connectivity index (χ2n) is 3.15. The molecular weight excluding hydrogens is 180 g/mol. The van der Waals surface area contributed by atoms with E-state index >= 15 is 0 Å². The van der Waals surface area contributed by atoms with E-state index in [0.717, 1.165) is 12.5 Å². The quantitative estimate of drug-likeness (QED) is 0.393. The molecule has 0 aliphatic carbocycles. The van der Waals surface area contributed by atoms with Crippen molar-refractivity contribution in [2.45, 2.75) is 27.2 Å². The van der Waals surface area contributed by atoms with Crippen LogP contribution in [-0.2, 0) is 14.3 Å². The standard InChI is InChI=1S/C11H16O3/c1-5-8(3)7-9(4)11(13)14-10(12)6-2/h6-8H,2,5H2,1,3-4H3. The summed E-state index contributed by atoms with van der Waals surface area (Å²) in [6.07, 6.45) is 3.70. The molecule has 0 spiro atoms. The van der Waals surface area contributed by atoms with E-state index in [1.54, 1.807) is 13.0 Å². The van der Waals surface area contributed by atoms with Crippen LogP contribution in [-0.4, -0.2) is 11.9 Å². The molecule has 1 unspecified atom stereocenters. The van der Waals surface area contributed by atoms with Crippen molar-refractivity contribution in [3.8, 4) is 0 Å². The minimum atomic E-state index is -0.716. The molecule has 0 radical (unpaired) electrons. The lowest BCUT2D eigenvalue weighted by atomic mass is 10.1. The van der Waals surface area contributed by atoms with Crippen LogP contribution in [0.15, 0.2) is 24.3 Å². The highest BCUT2D eigenvalue weighted by molar-refractivity contribution is 5.98. The second-order valence-corrected chi connectivity index (χ2v) is 3.15. The number of rotatable bonds is 4. The number of hydrogen-bond acceptors (Lipinski definition) is 3. The first kappa shape index (κ1) is 12.6. The molecule has 0 bridgehead atoms. The van der Waals surface area contributed by atoms with E-state index in [9.17, 15) is 9.59 Å². The summed E-state index contributed by atoms with van der Waals surface area (Å²) in [5.74, 6) is -1.01. The molecule has 0 heterocycles. The topological polar surface area (TPSA) is 43.4 Å². The maximum Gasteiger partial charge on any atom is 0.341 e. The molecule has 0 aromatic rings. The van der Waals surface area contributed by atoms with Crippen LogP contribution in [0.5, 0.6) is 0 Å². The first-order valence-electron chi connectivity index (χ1n) is 4.58. The van der Waals surface area contributed by atoms with Gasteiger partial charge in [0.1, 0.15) is 0 Å². The van der Waals surface area contributed by atoms with Gasteiger partial charge in [-0.2, -0.15) is 0 Å². The minimum Gasteiger partial charge on any atom is -0.386 e. The molecule has 0 saturated carbocycles. The number of carbonyl (C=O) groups is 2. The van der Waals surface area contributed by atoms with Crippen molar-refractivity contribution in [3.63, 3.8) is 0 Å². The molecule has 0 N–H and O–H groups in total. The molecule has 0 amide bonds. The number of allylic oxidation sites excluding steroid dienone is 1. The maximum absolute atomic E-state index is 11.2. The van der Waals surface area contributed by atoms with E-state index in [1.807, 2.05) is 13.8 Å². The molecule has 1 atom stereocenters. The molecule has 14 heavy (non-hydrogen) atoms. The van der Waals surface area contributed by atoms with E-state index in [1.165, 1.54) is 0 Å². The van der Waals surface area contributed by atoms with Gasteiger partial charge in [0.25, 0.3) is 0 Å². The Morgan fingerprint density at radius 2 is 2.07 bits per heavy atom. The van der Waals surface area contributed by atoms with Crippen molar-refractivity contribution in [1.82, 2.24) is 0 Å². The third-order valence-electron chi connectivity index (χ3n) is 1.86. The number of esters is 2. The molecule has 0 aromatic carbocycles. The van der Waals surface area contributed by atoms with E-state index < -0.39 is 11.9 Å². The van der Waals surface area contributed by atoms with Crippen LogP contribution < -0.4 is 0 Å². The highest BCUT2D eigenvalue weighted by Crippen LogP contribution is 2.07. The second kappa shape index (κ2) is 6.13. The normalized spacial score (nSPS) is 13.2. The van der Waals surface area contributed by atoms with Gasteiger partial charge < -0.3 is 4.74 Å². The Labute approximate surface area is 84.4 Å². The van der Waals surface area contributed by atoms with Crippen LogP contribution in [0.1, 0.15) is 27.2 Å². The molecule has 0 rings (SSSR count). The number of carbonyl (C=O) groups excluding carboxylic acids is 2. The van der Waals surface area contributed by atoms with Gasteiger partial charge in [0.05, 0.1) is 0 Å². The summed E-state index contributed by atoms with van der Waals surface area (Å²) in [6, 6.07) is 0. The molecule has 78 valence electrons. The summed E-state index contributed by atoms with van der Waals surface area (Å²) < 4.78 is 4.44. The van der Waals surface area contributed by atoms with Crippen molar-refractivity contribution < 1.29 is 14.3 Å². The zero-order valence-corrected chi connectivity index (χ0v) is 8.87. The lowest BCUT2D eigenvalue weighted by Gasteiger charge is -2.04. The minimum absolute atomic E-state index is 0.307. The van der Waals surface area contributed by atoms with Gasteiger partial charge >= 0.3 is 11.9 Å². The third-order valence-corrected chi connectivity index (χ3v) is 1.86. The fraction of sp³-hybridized carbons (Fsp3) is 0.455. The van der Waals surface area contributed by atoms with Crippen LogP contribution in [0.4, 0.5) is 0 Å². The highest BCUT2D eigenvalue weighted by Gasteiger charge is 2.10. The van der Waals surface area contributed by atoms with E-state index in [2.05, 4.69) is 11.3 Å². The smallest absolute Gasteiger partial charge is 0.341 e. The number of hydrogen-bond donors (Lipinski definition) is 0. The predicted octanol–water partition coefficient (Wildman–Crippen LogP) is 2.23. The van der Waals surface area contributed by atoms with Crippen molar-refractivity contribution in [1.29, 1.82) is 0 Å². The molecule has 0 aliphatic heterocycles. The zero-order chi connectivity index (χ0) is 11.1. The van der Waals surface area contributed by atoms with Crippen LogP contribution in [0, 0.1) is 5.92 Å². The Balaban J connectivity index is 4.31. The van der Waals surface area contributed by atoms with Crippen molar-refractivity contribution in [2.75, 3.05) is 0 Å². The third kappa shape index (κ3) is 4.60. The maximum atomic E-state index is 11.2. The van der Waals surface area contributed by atoms with E-state index in [0.29, 0.717) is 11.5 Å². The Morgan fingerprint density at radius 1 is 1.50 bits per heavy atom. The van der Waals surface area contributed by atoms with Crippen LogP contribution >= 0.6 is 0 Å². The van der Waals surface area contributed by atoms with Crippen molar-refractivity contribution >= 4 is 11.9 Å². The van der Waals surface area contributed by atoms with Crippen LogP contribution in [0.3, 0.4) is 0 Å². The van der Waals surface area contributed by atoms with Gasteiger partial charge in [-0.05, 0) is 12.8 Å². The summed E-state index contributed by atoms with van der Waals surface area (Å²) in [7, 11) is 0. The van der Waals surface area contributed by atoms with E-state index in [4.69, 9.17) is 0 Å². The lowest BCUT2D eigenvalue weighted by molar-refractivity contribution is -0.153. The molecule has 0 fully saturated rings. The molecular formula is C11H16O3. The summed E-state index contributed by atoms with van der Waals surface area (Å²) in [5, 5.41) is 0. The van der Waals surface area contributed by atoms with Gasteiger partial charge in [0.15, 0.2) is 0 Å². The lowest BCUT2D eigenvalue weighted by Crippen LogP contribution is -2.11. The largest absolute Gasteiger partial charge is 0.386 e. The van der Waals surface area contributed by atoms with Gasteiger partial charge in [0, 0.05) is 11.6 Å². The molecule has 0 saturated heterocycles. The first-order chi connectivity index (χ1) is 6.51. The van der Waals surface area contributed by atoms with Gasteiger partial charge in [-0.25, -0.2) is 9.59 Å². The van der Waals surface area contributed by atoms with Crippen molar-refractivity contribution in [3.05, 3.63) is 24.3 Å². The first-order valence-corrected chi connectivity index (χ1v) is 4.58. The van der Waals surface area contributed by atoms with Crippen LogP contribution in [0.25, 0.3) is 0 Å². The Morgan fingerprint density at radius 3 is 2.50 bits per heavy atom. The Hall–Kier alpha value is -1.38. The summed E-state index contributed by atoms with van der Waals surface area (Å²) in [5.41, 5.74) is 0.453. The molecule has 0 aliphatic rings. The van der Waals surface area contributed by atoms with E-state index in [-0.39, 0.29) is 0 Å². The van der Waals surface area contributed by atoms with Gasteiger partial charge in [-0.1, -0.05) is 32.9 Å². The van der Waals surface area contributed by atoms with Gasteiger partial charge in [0.2, 0.25) is 0 Å². The number of ether oxygens (including phenoxy) is 1. The van der Waals surface area contributed by atoms with Gasteiger partial charge in [-0.15, -0.1) is 0 Å². The Bertz CT molecular complexity index is 264. The summed E-state index contributed by atoms with van der Waals surface area (Å²) in [6.45, 7) is 8.85. The summed E-state index contributed by atoms with van der Waals surface area (Å²) in [4.78, 5) is 21.9.